The van der Waals surface area contributed by atoms with Crippen LogP contribution >= 0.6 is 11.3 Å². The molecule has 0 fully saturated rings. The average Bonchev–Trinajstić information content (AvgIpc) is 2.90. The average molecular weight is 301 g/mol. The van der Waals surface area contributed by atoms with E-state index in [0.29, 0.717) is 12.1 Å². The first-order valence-electron chi connectivity index (χ1n) is 7.75. The summed E-state index contributed by atoms with van der Waals surface area (Å²) >= 11 is 1.84. The fraction of sp³-hybridized carbons (Fsp3) is 0.474. The summed E-state index contributed by atoms with van der Waals surface area (Å²) in [5, 5.41) is 5.85. The maximum absolute atomic E-state index is 3.70. The molecule has 0 amide bonds. The van der Waals surface area contributed by atoms with Crippen LogP contribution in [0.3, 0.4) is 0 Å². The molecule has 1 N–H and O–H groups in total. The number of benzene rings is 1. The predicted octanol–water partition coefficient (Wildman–Crippen LogP) is 5.33. The molecule has 2 unspecified atom stereocenters. The third-order valence-electron chi connectivity index (χ3n) is 3.90. The lowest BCUT2D eigenvalue weighted by molar-refractivity contribution is 0.479. The normalized spacial score (nSPS) is 14.9. The molecular formula is C19H27NS. The van der Waals surface area contributed by atoms with Gasteiger partial charge in [0.1, 0.15) is 0 Å². The Hall–Kier alpha value is -1.12. The Labute approximate surface area is 133 Å². The van der Waals surface area contributed by atoms with Crippen LogP contribution in [0.2, 0.25) is 0 Å². The zero-order valence-corrected chi connectivity index (χ0v) is 14.6. The highest BCUT2D eigenvalue weighted by molar-refractivity contribution is 7.09. The molecule has 0 radical (unpaired) electrons. The monoisotopic (exact) mass is 301 g/mol. The zero-order valence-electron chi connectivity index (χ0n) is 13.8. The summed E-state index contributed by atoms with van der Waals surface area (Å²) in [5.41, 5.74) is 2.98. The van der Waals surface area contributed by atoms with Crippen molar-refractivity contribution in [2.75, 3.05) is 0 Å². The van der Waals surface area contributed by atoms with Gasteiger partial charge in [-0.05, 0) is 48.3 Å². The third kappa shape index (κ3) is 4.69. The van der Waals surface area contributed by atoms with Crippen LogP contribution in [0.25, 0.3) is 0 Å². The lowest BCUT2D eigenvalue weighted by atomic mass is 9.86. The second-order valence-corrected chi connectivity index (χ2v) is 7.98. The number of hydrogen-bond donors (Lipinski definition) is 1. The molecule has 0 spiro atoms. The summed E-state index contributed by atoms with van der Waals surface area (Å²) in [5.74, 6) is 0. The Morgan fingerprint density at radius 3 is 2.24 bits per heavy atom. The van der Waals surface area contributed by atoms with Crippen molar-refractivity contribution in [3.05, 3.63) is 57.8 Å². The highest BCUT2D eigenvalue weighted by Gasteiger charge is 2.15. The molecule has 1 nitrogen and oxygen atoms in total. The van der Waals surface area contributed by atoms with Crippen LogP contribution in [0.15, 0.2) is 41.8 Å². The van der Waals surface area contributed by atoms with E-state index in [1.54, 1.807) is 0 Å². The minimum absolute atomic E-state index is 0.224. The Bertz CT molecular complexity index is 534. The molecule has 1 aromatic carbocycles. The first kappa shape index (κ1) is 16.3. The second-order valence-electron chi connectivity index (χ2n) is 6.94. The molecule has 0 bridgehead atoms. The van der Waals surface area contributed by atoms with E-state index in [1.165, 1.54) is 16.0 Å². The lowest BCUT2D eigenvalue weighted by Crippen LogP contribution is -2.30. The Morgan fingerprint density at radius 2 is 1.71 bits per heavy atom. The van der Waals surface area contributed by atoms with Gasteiger partial charge in [-0.1, -0.05) is 51.1 Å². The Balaban J connectivity index is 1.95. The molecule has 0 aliphatic heterocycles. The van der Waals surface area contributed by atoms with Gasteiger partial charge in [0.25, 0.3) is 0 Å². The fourth-order valence-corrected chi connectivity index (χ4v) is 3.42. The van der Waals surface area contributed by atoms with Crippen molar-refractivity contribution in [3.63, 3.8) is 0 Å². The standard InChI is InChI=1S/C19H27NS/c1-14(13-18-7-6-12-21-18)20-15(2)16-8-10-17(11-9-16)19(3,4)5/h6-12,14-15,20H,13H2,1-5H3. The molecule has 2 aromatic rings. The summed E-state index contributed by atoms with van der Waals surface area (Å²) in [6, 6.07) is 14.3. The van der Waals surface area contributed by atoms with Crippen LogP contribution < -0.4 is 5.32 Å². The van der Waals surface area contributed by atoms with Crippen LogP contribution in [0.4, 0.5) is 0 Å². The smallest absolute Gasteiger partial charge is 0.0294 e. The van der Waals surface area contributed by atoms with E-state index < -0.39 is 0 Å². The van der Waals surface area contributed by atoms with Gasteiger partial charge in [-0.2, -0.15) is 0 Å². The van der Waals surface area contributed by atoms with E-state index in [4.69, 9.17) is 0 Å². The van der Waals surface area contributed by atoms with Crippen LogP contribution in [-0.4, -0.2) is 6.04 Å². The molecule has 21 heavy (non-hydrogen) atoms. The summed E-state index contributed by atoms with van der Waals surface area (Å²) in [4.78, 5) is 1.45. The highest BCUT2D eigenvalue weighted by atomic mass is 32.1. The van der Waals surface area contributed by atoms with Crippen molar-refractivity contribution in [1.82, 2.24) is 5.32 Å². The van der Waals surface area contributed by atoms with Gasteiger partial charge in [-0.3, -0.25) is 0 Å². The van der Waals surface area contributed by atoms with Crippen molar-refractivity contribution >= 4 is 11.3 Å². The van der Waals surface area contributed by atoms with E-state index >= 15 is 0 Å². The van der Waals surface area contributed by atoms with Gasteiger partial charge in [-0.25, -0.2) is 0 Å². The molecule has 0 saturated carbocycles. The topological polar surface area (TPSA) is 12.0 Å². The predicted molar refractivity (Wildman–Crippen MR) is 94.2 cm³/mol. The molecule has 2 heteroatoms. The molecule has 1 heterocycles. The first-order valence-corrected chi connectivity index (χ1v) is 8.63. The maximum Gasteiger partial charge on any atom is 0.0294 e. The number of hydrogen-bond acceptors (Lipinski definition) is 2. The van der Waals surface area contributed by atoms with Crippen LogP contribution in [-0.2, 0) is 11.8 Å². The molecule has 0 aliphatic carbocycles. The number of rotatable bonds is 5. The first-order chi connectivity index (χ1) is 9.86. The second kappa shape index (κ2) is 6.76. The van der Waals surface area contributed by atoms with Gasteiger partial charge >= 0.3 is 0 Å². The summed E-state index contributed by atoms with van der Waals surface area (Å²) in [6.07, 6.45) is 1.10. The van der Waals surface area contributed by atoms with E-state index in [1.807, 2.05) is 11.3 Å². The molecule has 114 valence electrons. The molecular weight excluding hydrogens is 274 g/mol. The van der Waals surface area contributed by atoms with Gasteiger partial charge in [0, 0.05) is 17.0 Å². The van der Waals surface area contributed by atoms with Crippen LogP contribution in [0, 0.1) is 0 Å². The largest absolute Gasteiger partial charge is 0.307 e. The maximum atomic E-state index is 3.70. The van der Waals surface area contributed by atoms with Crippen molar-refractivity contribution in [3.8, 4) is 0 Å². The highest BCUT2D eigenvalue weighted by Crippen LogP contribution is 2.24. The molecule has 0 aliphatic rings. The number of nitrogens with one attached hydrogen (secondary N) is 1. The molecule has 1 aromatic heterocycles. The van der Waals surface area contributed by atoms with E-state index in [0.717, 1.165) is 6.42 Å². The van der Waals surface area contributed by atoms with Crippen molar-refractivity contribution < 1.29 is 0 Å². The summed E-state index contributed by atoms with van der Waals surface area (Å²) in [7, 11) is 0. The van der Waals surface area contributed by atoms with E-state index in [-0.39, 0.29) is 5.41 Å². The Kier molecular flexibility index (Phi) is 5.23. The third-order valence-corrected chi connectivity index (χ3v) is 4.80. The van der Waals surface area contributed by atoms with Crippen molar-refractivity contribution in [1.29, 1.82) is 0 Å². The lowest BCUT2D eigenvalue weighted by Gasteiger charge is -2.22. The zero-order chi connectivity index (χ0) is 15.5. The minimum Gasteiger partial charge on any atom is -0.307 e. The van der Waals surface area contributed by atoms with Gasteiger partial charge in [0.2, 0.25) is 0 Å². The molecule has 2 atom stereocenters. The van der Waals surface area contributed by atoms with Gasteiger partial charge in [0.15, 0.2) is 0 Å². The quantitative estimate of drug-likeness (QED) is 0.787. The van der Waals surface area contributed by atoms with Crippen molar-refractivity contribution in [2.24, 2.45) is 0 Å². The van der Waals surface area contributed by atoms with Gasteiger partial charge < -0.3 is 5.32 Å². The van der Waals surface area contributed by atoms with E-state index in [2.05, 4.69) is 81.7 Å². The molecule has 2 rings (SSSR count). The van der Waals surface area contributed by atoms with Crippen LogP contribution in [0.5, 0.6) is 0 Å². The molecule has 0 saturated heterocycles. The minimum atomic E-state index is 0.224. The van der Waals surface area contributed by atoms with E-state index in [9.17, 15) is 0 Å². The van der Waals surface area contributed by atoms with Crippen LogP contribution in [0.1, 0.15) is 56.7 Å². The van der Waals surface area contributed by atoms with Crippen molar-refractivity contribution in [2.45, 2.75) is 58.5 Å². The number of thiophene rings is 1. The summed E-state index contributed by atoms with van der Waals surface area (Å²) in [6.45, 7) is 11.3. The fourth-order valence-electron chi connectivity index (χ4n) is 2.58. The Morgan fingerprint density at radius 1 is 1.05 bits per heavy atom. The summed E-state index contributed by atoms with van der Waals surface area (Å²) < 4.78 is 0. The SMILES string of the molecule is CC(Cc1cccs1)NC(C)c1ccc(C(C)(C)C)cc1. The van der Waals surface area contributed by atoms with Gasteiger partial charge in [0.05, 0.1) is 0 Å². The van der Waals surface area contributed by atoms with Gasteiger partial charge in [-0.15, -0.1) is 11.3 Å².